The maximum atomic E-state index is 13.9. The zero-order chi connectivity index (χ0) is 14.0. The van der Waals surface area contributed by atoms with Crippen LogP contribution in [-0.2, 0) is 0 Å². The third-order valence-electron chi connectivity index (χ3n) is 2.43. The van der Waals surface area contributed by atoms with Crippen LogP contribution in [0.3, 0.4) is 0 Å². The molecule has 0 aliphatic carbocycles. The van der Waals surface area contributed by atoms with Crippen LogP contribution in [0.15, 0.2) is 39.1 Å². The van der Waals surface area contributed by atoms with Crippen LogP contribution in [0.5, 0.6) is 0 Å². The standard InChI is InChI=1S/C12H13FN4OS/c1-6(14)7-2-3-9(8(13)4-7)19-12-16-10(15)5-11(18)17-12/h2-6H,14H2,1H3,(H3,15,16,17,18)/t6-/m1/s1. The molecule has 2 aromatic rings. The van der Waals surface area contributed by atoms with Gasteiger partial charge in [-0.1, -0.05) is 6.07 Å². The molecule has 100 valence electrons. The molecule has 7 heteroatoms. The third kappa shape index (κ3) is 3.33. The van der Waals surface area contributed by atoms with Crippen LogP contribution in [-0.4, -0.2) is 9.97 Å². The van der Waals surface area contributed by atoms with Crippen molar-refractivity contribution in [2.45, 2.75) is 23.0 Å². The Morgan fingerprint density at radius 1 is 1.42 bits per heavy atom. The monoisotopic (exact) mass is 280 g/mol. The largest absolute Gasteiger partial charge is 0.383 e. The van der Waals surface area contributed by atoms with E-state index < -0.39 is 5.82 Å². The number of nitrogens with two attached hydrogens (primary N) is 2. The number of nitrogens with one attached hydrogen (secondary N) is 1. The van der Waals surface area contributed by atoms with E-state index in [-0.39, 0.29) is 22.6 Å². The number of hydrogen-bond donors (Lipinski definition) is 3. The van der Waals surface area contributed by atoms with E-state index in [2.05, 4.69) is 9.97 Å². The number of anilines is 1. The van der Waals surface area contributed by atoms with Crippen molar-refractivity contribution in [3.8, 4) is 0 Å². The van der Waals surface area contributed by atoms with Crippen molar-refractivity contribution >= 4 is 17.6 Å². The minimum atomic E-state index is -0.412. The van der Waals surface area contributed by atoms with Crippen LogP contribution >= 0.6 is 11.8 Å². The first-order chi connectivity index (χ1) is 8.95. The smallest absolute Gasteiger partial charge is 0.253 e. The predicted molar refractivity (Wildman–Crippen MR) is 72.4 cm³/mol. The predicted octanol–water partition coefficient (Wildman–Crippen LogP) is 1.66. The molecule has 5 nitrogen and oxygen atoms in total. The van der Waals surface area contributed by atoms with Gasteiger partial charge >= 0.3 is 0 Å². The van der Waals surface area contributed by atoms with Gasteiger partial charge in [-0.05, 0) is 36.4 Å². The molecule has 0 fully saturated rings. The molecule has 1 atom stereocenters. The van der Waals surface area contributed by atoms with E-state index in [1.54, 1.807) is 19.1 Å². The lowest BCUT2D eigenvalue weighted by molar-refractivity contribution is 0.596. The Labute approximate surface area is 113 Å². The number of rotatable bonds is 3. The summed E-state index contributed by atoms with van der Waals surface area (Å²) < 4.78 is 13.9. The summed E-state index contributed by atoms with van der Waals surface area (Å²) in [4.78, 5) is 18.0. The summed E-state index contributed by atoms with van der Waals surface area (Å²) in [6.07, 6.45) is 0. The second-order valence-corrected chi connectivity index (χ2v) is 5.09. The number of nitrogens with zero attached hydrogens (tertiary/aromatic N) is 1. The number of benzene rings is 1. The molecule has 2 rings (SSSR count). The fraction of sp³-hybridized carbons (Fsp3) is 0.167. The van der Waals surface area contributed by atoms with E-state index in [9.17, 15) is 9.18 Å². The molecule has 0 bridgehead atoms. The SMILES string of the molecule is C[C@@H](N)c1ccc(Sc2nc(N)cc(=O)[nH]2)c(F)c1. The van der Waals surface area contributed by atoms with E-state index in [1.807, 2.05) is 0 Å². The average molecular weight is 280 g/mol. The summed E-state index contributed by atoms with van der Waals surface area (Å²) in [6.45, 7) is 1.78. The Morgan fingerprint density at radius 3 is 2.74 bits per heavy atom. The number of H-pyrrole nitrogens is 1. The highest BCUT2D eigenvalue weighted by Crippen LogP contribution is 2.28. The number of aromatic amines is 1. The van der Waals surface area contributed by atoms with Crippen LogP contribution < -0.4 is 17.0 Å². The molecule has 1 heterocycles. The normalized spacial score (nSPS) is 12.4. The molecular formula is C12H13FN4OS. The van der Waals surface area contributed by atoms with E-state index >= 15 is 0 Å². The van der Waals surface area contributed by atoms with E-state index in [1.165, 1.54) is 12.1 Å². The van der Waals surface area contributed by atoms with E-state index in [4.69, 9.17) is 11.5 Å². The van der Waals surface area contributed by atoms with Crippen molar-refractivity contribution in [3.63, 3.8) is 0 Å². The zero-order valence-corrected chi connectivity index (χ0v) is 11.0. The van der Waals surface area contributed by atoms with Gasteiger partial charge in [0.15, 0.2) is 5.16 Å². The highest BCUT2D eigenvalue weighted by Gasteiger charge is 2.09. The van der Waals surface area contributed by atoms with Gasteiger partial charge in [0.1, 0.15) is 11.6 Å². The molecule has 0 unspecified atom stereocenters. The fourth-order valence-corrected chi connectivity index (χ4v) is 2.29. The van der Waals surface area contributed by atoms with Gasteiger partial charge in [0, 0.05) is 12.1 Å². The van der Waals surface area contributed by atoms with Crippen LogP contribution in [0.2, 0.25) is 0 Å². The third-order valence-corrected chi connectivity index (χ3v) is 3.37. The molecule has 0 aliphatic rings. The van der Waals surface area contributed by atoms with Crippen LogP contribution in [0.1, 0.15) is 18.5 Å². The number of aromatic nitrogens is 2. The molecule has 5 N–H and O–H groups in total. The summed E-state index contributed by atoms with van der Waals surface area (Å²) in [5.74, 6) is -0.316. The second-order valence-electron chi connectivity index (χ2n) is 4.06. The van der Waals surface area contributed by atoms with Crippen molar-refractivity contribution in [1.29, 1.82) is 0 Å². The summed E-state index contributed by atoms with van der Waals surface area (Å²) in [5.41, 5.74) is 11.5. The maximum Gasteiger partial charge on any atom is 0.253 e. The summed E-state index contributed by atoms with van der Waals surface area (Å²) in [6, 6.07) is 5.64. The highest BCUT2D eigenvalue weighted by molar-refractivity contribution is 7.99. The lowest BCUT2D eigenvalue weighted by atomic mass is 10.1. The van der Waals surface area contributed by atoms with Crippen LogP contribution in [0.4, 0.5) is 10.2 Å². The first kappa shape index (κ1) is 13.6. The second kappa shape index (κ2) is 5.41. The first-order valence-corrected chi connectivity index (χ1v) is 6.37. The number of nitrogen functional groups attached to an aromatic ring is 1. The molecule has 0 saturated heterocycles. The molecule has 1 aromatic heterocycles. The molecule has 0 amide bonds. The topological polar surface area (TPSA) is 97.8 Å². The lowest BCUT2D eigenvalue weighted by Crippen LogP contribution is -2.09. The van der Waals surface area contributed by atoms with Crippen molar-refractivity contribution < 1.29 is 4.39 Å². The Hall–Kier alpha value is -1.86. The van der Waals surface area contributed by atoms with Gasteiger partial charge in [-0.15, -0.1) is 0 Å². The van der Waals surface area contributed by atoms with Gasteiger partial charge in [0.05, 0.1) is 4.90 Å². The Kier molecular flexibility index (Phi) is 3.87. The van der Waals surface area contributed by atoms with Crippen molar-refractivity contribution in [1.82, 2.24) is 9.97 Å². The number of halogens is 1. The van der Waals surface area contributed by atoms with Gasteiger partial charge < -0.3 is 16.5 Å². The van der Waals surface area contributed by atoms with E-state index in [0.29, 0.717) is 10.5 Å². The van der Waals surface area contributed by atoms with Crippen molar-refractivity contribution in [2.24, 2.45) is 5.73 Å². The summed E-state index contributed by atoms with van der Waals surface area (Å²) >= 11 is 1.00. The lowest BCUT2D eigenvalue weighted by Gasteiger charge is -2.08. The molecule has 0 saturated carbocycles. The summed E-state index contributed by atoms with van der Waals surface area (Å²) in [5, 5.41) is 0.248. The van der Waals surface area contributed by atoms with Gasteiger partial charge in [-0.3, -0.25) is 4.79 Å². The molecule has 0 spiro atoms. The van der Waals surface area contributed by atoms with Crippen LogP contribution in [0, 0.1) is 5.82 Å². The van der Waals surface area contributed by atoms with Gasteiger partial charge in [-0.2, -0.15) is 0 Å². The Morgan fingerprint density at radius 2 is 2.16 bits per heavy atom. The van der Waals surface area contributed by atoms with Gasteiger partial charge in [0.25, 0.3) is 5.56 Å². The molecular weight excluding hydrogens is 267 g/mol. The Balaban J connectivity index is 2.30. The number of hydrogen-bond acceptors (Lipinski definition) is 5. The summed E-state index contributed by atoms with van der Waals surface area (Å²) in [7, 11) is 0. The van der Waals surface area contributed by atoms with Gasteiger partial charge in [0.2, 0.25) is 0 Å². The first-order valence-electron chi connectivity index (χ1n) is 5.55. The van der Waals surface area contributed by atoms with Crippen LogP contribution in [0.25, 0.3) is 0 Å². The van der Waals surface area contributed by atoms with Crippen molar-refractivity contribution in [3.05, 3.63) is 46.0 Å². The quantitative estimate of drug-likeness (QED) is 0.743. The molecule has 1 aromatic carbocycles. The molecule has 0 aliphatic heterocycles. The van der Waals surface area contributed by atoms with E-state index in [0.717, 1.165) is 11.8 Å². The highest BCUT2D eigenvalue weighted by atomic mass is 32.2. The minimum absolute atomic E-state index is 0.0962. The maximum absolute atomic E-state index is 13.9. The Bertz CT molecular complexity index is 656. The average Bonchev–Trinajstić information content (AvgIpc) is 2.30. The minimum Gasteiger partial charge on any atom is -0.383 e. The van der Waals surface area contributed by atoms with Gasteiger partial charge in [-0.25, -0.2) is 9.37 Å². The zero-order valence-electron chi connectivity index (χ0n) is 10.2. The molecule has 0 radical (unpaired) electrons. The van der Waals surface area contributed by atoms with Crippen molar-refractivity contribution in [2.75, 3.05) is 5.73 Å². The fourth-order valence-electron chi connectivity index (χ4n) is 1.49. The molecule has 19 heavy (non-hydrogen) atoms.